The Morgan fingerprint density at radius 3 is 2.48 bits per heavy atom. The minimum Gasteiger partial charge on any atom is -0.353 e. The molecule has 1 amide bonds. The Morgan fingerprint density at radius 2 is 1.92 bits per heavy atom. The van der Waals surface area contributed by atoms with Gasteiger partial charge in [-0.1, -0.05) is 6.07 Å². The van der Waals surface area contributed by atoms with Crippen LogP contribution in [0, 0.1) is 20.8 Å². The molecular formula is C20H31N3O2. The Kier molecular flexibility index (Phi) is 6.01. The van der Waals surface area contributed by atoms with Crippen molar-refractivity contribution in [2.45, 2.75) is 72.6 Å². The van der Waals surface area contributed by atoms with E-state index in [2.05, 4.69) is 23.2 Å². The Hall–Kier alpha value is -1.72. The summed E-state index contributed by atoms with van der Waals surface area (Å²) in [5.41, 5.74) is 11.3. The van der Waals surface area contributed by atoms with Crippen LogP contribution in [0.2, 0.25) is 0 Å². The number of nitrogens with zero attached hydrogens (tertiary/aromatic N) is 1. The molecule has 1 saturated heterocycles. The van der Waals surface area contributed by atoms with Crippen LogP contribution < -0.4 is 11.1 Å². The van der Waals surface area contributed by atoms with E-state index < -0.39 is 0 Å². The van der Waals surface area contributed by atoms with E-state index in [0.29, 0.717) is 19.5 Å². The fraction of sp³-hybridized carbons (Fsp3) is 0.600. The summed E-state index contributed by atoms with van der Waals surface area (Å²) in [6.45, 7) is 12.9. The van der Waals surface area contributed by atoms with Gasteiger partial charge in [-0.15, -0.1) is 0 Å². The van der Waals surface area contributed by atoms with E-state index in [0.717, 1.165) is 27.8 Å². The van der Waals surface area contributed by atoms with Crippen LogP contribution >= 0.6 is 0 Å². The molecule has 5 heteroatoms. The van der Waals surface area contributed by atoms with E-state index in [4.69, 9.17) is 5.73 Å². The molecule has 2 rings (SSSR count). The van der Waals surface area contributed by atoms with Crippen molar-refractivity contribution in [1.82, 2.24) is 10.2 Å². The van der Waals surface area contributed by atoms with Crippen LogP contribution in [0.15, 0.2) is 6.07 Å². The maximum absolute atomic E-state index is 12.5. The van der Waals surface area contributed by atoms with Crippen molar-refractivity contribution >= 4 is 11.7 Å². The molecule has 1 aromatic carbocycles. The first kappa shape index (κ1) is 19.6. The molecule has 1 fully saturated rings. The van der Waals surface area contributed by atoms with Crippen LogP contribution in [0.4, 0.5) is 0 Å². The van der Waals surface area contributed by atoms with Gasteiger partial charge in [0.25, 0.3) is 0 Å². The van der Waals surface area contributed by atoms with Crippen LogP contribution in [0.25, 0.3) is 0 Å². The third-order valence-corrected chi connectivity index (χ3v) is 5.01. The van der Waals surface area contributed by atoms with Crippen LogP contribution in [0.1, 0.15) is 59.8 Å². The maximum atomic E-state index is 12.5. The lowest BCUT2D eigenvalue weighted by molar-refractivity contribution is -0.126. The second-order valence-corrected chi connectivity index (χ2v) is 7.65. The smallest absolute Gasteiger partial charge is 0.237 e. The Bertz CT molecular complexity index is 682. The molecule has 0 bridgehead atoms. The van der Waals surface area contributed by atoms with Gasteiger partial charge in [-0.25, -0.2) is 0 Å². The highest BCUT2D eigenvalue weighted by molar-refractivity contribution is 5.97. The molecule has 1 aromatic rings. The number of benzene rings is 1. The lowest BCUT2D eigenvalue weighted by atomic mass is 9.91. The molecule has 1 heterocycles. The summed E-state index contributed by atoms with van der Waals surface area (Å²) in [5, 5.41) is 3.00. The number of aryl methyl sites for hydroxylation is 2. The van der Waals surface area contributed by atoms with Crippen molar-refractivity contribution in [2.75, 3.05) is 6.54 Å². The van der Waals surface area contributed by atoms with Crippen LogP contribution in [-0.2, 0) is 11.3 Å². The highest BCUT2D eigenvalue weighted by Gasteiger charge is 2.35. The normalized spacial score (nSPS) is 21.0. The number of rotatable bonds is 5. The Balaban J connectivity index is 2.33. The predicted molar refractivity (Wildman–Crippen MR) is 101 cm³/mol. The van der Waals surface area contributed by atoms with Crippen molar-refractivity contribution in [1.29, 1.82) is 0 Å². The lowest BCUT2D eigenvalue weighted by Gasteiger charge is -2.27. The standard InChI is InChI=1S/C20H31N3O2/c1-11(2)22-20(25)18-8-16(21)9-23(18)10-17-12(3)7-13(4)19(14(17)5)15(6)24/h7,11,16,18H,8-10,21H2,1-6H3,(H,22,25)/t16-,18-/m0/s1. The molecule has 5 nitrogen and oxygen atoms in total. The molecule has 0 aliphatic carbocycles. The SMILES string of the molecule is CC(=O)c1c(C)cc(C)c(CN2C[C@@H](N)C[C@H]2C(=O)NC(C)C)c1C. The second kappa shape index (κ2) is 7.67. The average Bonchev–Trinajstić information content (AvgIpc) is 2.83. The molecule has 0 radical (unpaired) electrons. The average molecular weight is 345 g/mol. The van der Waals surface area contributed by atoms with Gasteiger partial charge >= 0.3 is 0 Å². The quantitative estimate of drug-likeness (QED) is 0.803. The summed E-state index contributed by atoms with van der Waals surface area (Å²) in [6, 6.07) is 1.97. The molecule has 25 heavy (non-hydrogen) atoms. The predicted octanol–water partition coefficient (Wildman–Crippen LogP) is 2.24. The number of ketones is 1. The first-order valence-electron chi connectivity index (χ1n) is 9.02. The van der Waals surface area contributed by atoms with E-state index in [9.17, 15) is 9.59 Å². The van der Waals surface area contributed by atoms with E-state index >= 15 is 0 Å². The minimum atomic E-state index is -0.210. The summed E-state index contributed by atoms with van der Waals surface area (Å²) in [6.07, 6.45) is 0.669. The topological polar surface area (TPSA) is 75.4 Å². The van der Waals surface area contributed by atoms with Crippen molar-refractivity contribution < 1.29 is 9.59 Å². The number of hydrogen-bond acceptors (Lipinski definition) is 4. The van der Waals surface area contributed by atoms with Crippen molar-refractivity contribution in [2.24, 2.45) is 5.73 Å². The van der Waals surface area contributed by atoms with Crippen molar-refractivity contribution in [3.05, 3.63) is 33.9 Å². The van der Waals surface area contributed by atoms with Gasteiger partial charge in [-0.05, 0) is 70.2 Å². The third-order valence-electron chi connectivity index (χ3n) is 5.01. The highest BCUT2D eigenvalue weighted by atomic mass is 16.2. The zero-order chi connectivity index (χ0) is 18.9. The van der Waals surface area contributed by atoms with Gasteiger partial charge in [0.15, 0.2) is 5.78 Å². The van der Waals surface area contributed by atoms with Gasteiger partial charge in [-0.3, -0.25) is 14.5 Å². The highest BCUT2D eigenvalue weighted by Crippen LogP contribution is 2.27. The fourth-order valence-electron chi connectivity index (χ4n) is 3.98. The zero-order valence-corrected chi connectivity index (χ0v) is 16.3. The summed E-state index contributed by atoms with van der Waals surface area (Å²) in [4.78, 5) is 26.7. The first-order chi connectivity index (χ1) is 11.6. The van der Waals surface area contributed by atoms with Crippen LogP contribution in [0.3, 0.4) is 0 Å². The number of amides is 1. The summed E-state index contributed by atoms with van der Waals surface area (Å²) in [5.74, 6) is 0.126. The second-order valence-electron chi connectivity index (χ2n) is 7.65. The molecule has 2 atom stereocenters. The summed E-state index contributed by atoms with van der Waals surface area (Å²) < 4.78 is 0. The maximum Gasteiger partial charge on any atom is 0.237 e. The third kappa shape index (κ3) is 4.28. The van der Waals surface area contributed by atoms with Gasteiger partial charge in [-0.2, -0.15) is 0 Å². The number of carbonyl (C=O) groups is 2. The Labute approximate surface area is 151 Å². The Morgan fingerprint density at radius 1 is 1.28 bits per heavy atom. The molecule has 0 unspecified atom stereocenters. The minimum absolute atomic E-state index is 0.00116. The first-order valence-corrected chi connectivity index (χ1v) is 9.02. The largest absolute Gasteiger partial charge is 0.353 e. The lowest BCUT2D eigenvalue weighted by Crippen LogP contribution is -2.45. The molecule has 0 aromatic heterocycles. The van der Waals surface area contributed by atoms with E-state index in [1.165, 1.54) is 0 Å². The van der Waals surface area contributed by atoms with Crippen molar-refractivity contribution in [3.8, 4) is 0 Å². The molecule has 138 valence electrons. The number of Topliss-reactive ketones (excluding diaryl/α,β-unsaturated/α-hetero) is 1. The van der Waals surface area contributed by atoms with Gasteiger partial charge < -0.3 is 11.1 Å². The molecule has 1 aliphatic heterocycles. The van der Waals surface area contributed by atoms with Crippen LogP contribution in [0.5, 0.6) is 0 Å². The molecule has 0 spiro atoms. The number of likely N-dealkylation sites (tertiary alicyclic amines) is 1. The van der Waals surface area contributed by atoms with Gasteiger partial charge in [0, 0.05) is 30.7 Å². The van der Waals surface area contributed by atoms with E-state index in [-0.39, 0.29) is 29.8 Å². The number of carbonyl (C=O) groups excluding carboxylic acids is 2. The zero-order valence-electron chi connectivity index (χ0n) is 16.3. The summed E-state index contributed by atoms with van der Waals surface area (Å²) >= 11 is 0. The number of hydrogen-bond donors (Lipinski definition) is 2. The van der Waals surface area contributed by atoms with Gasteiger partial charge in [0.2, 0.25) is 5.91 Å². The van der Waals surface area contributed by atoms with Crippen LogP contribution in [-0.4, -0.2) is 41.3 Å². The van der Waals surface area contributed by atoms with Gasteiger partial charge in [0.05, 0.1) is 6.04 Å². The summed E-state index contributed by atoms with van der Waals surface area (Å²) in [7, 11) is 0. The number of nitrogens with one attached hydrogen (secondary N) is 1. The van der Waals surface area contributed by atoms with Crippen molar-refractivity contribution in [3.63, 3.8) is 0 Å². The van der Waals surface area contributed by atoms with E-state index in [1.54, 1.807) is 6.92 Å². The molecule has 0 saturated carbocycles. The fourth-order valence-corrected chi connectivity index (χ4v) is 3.98. The molecule has 1 aliphatic rings. The molecular weight excluding hydrogens is 314 g/mol. The molecule has 3 N–H and O–H groups in total. The monoisotopic (exact) mass is 345 g/mol. The van der Waals surface area contributed by atoms with Gasteiger partial charge in [0.1, 0.15) is 0 Å². The van der Waals surface area contributed by atoms with E-state index in [1.807, 2.05) is 27.7 Å². The number of nitrogens with two attached hydrogens (primary N) is 1.